The molecule has 0 bridgehead atoms. The van der Waals surface area contributed by atoms with Crippen molar-refractivity contribution in [2.75, 3.05) is 0 Å². The third kappa shape index (κ3) is 2.61. The van der Waals surface area contributed by atoms with Crippen LogP contribution in [0.4, 0.5) is 4.79 Å². The van der Waals surface area contributed by atoms with Crippen LogP contribution in [0.15, 0.2) is 0 Å². The molecule has 2 aliphatic rings. The first kappa shape index (κ1) is 13.6. The normalized spacial score (nSPS) is 30.9. The maximum Gasteiger partial charge on any atom is 0.426 e. The van der Waals surface area contributed by atoms with Gasteiger partial charge in [0.2, 0.25) is 0 Å². The third-order valence-corrected chi connectivity index (χ3v) is 4.42. The van der Waals surface area contributed by atoms with Gasteiger partial charge in [0.1, 0.15) is 11.7 Å². The van der Waals surface area contributed by atoms with Gasteiger partial charge < -0.3 is 4.74 Å². The van der Waals surface area contributed by atoms with E-state index >= 15 is 0 Å². The Labute approximate surface area is 107 Å². The summed E-state index contributed by atoms with van der Waals surface area (Å²) in [6, 6.07) is -0.404. The number of carbonyl (C=O) groups excluding carboxylic acids is 1. The predicted molar refractivity (Wildman–Crippen MR) is 64.1 cm³/mol. The molecule has 1 saturated heterocycles. The van der Waals surface area contributed by atoms with Gasteiger partial charge in [-0.2, -0.15) is 12.7 Å². The zero-order valence-electron chi connectivity index (χ0n) is 10.9. The van der Waals surface area contributed by atoms with Crippen molar-refractivity contribution in [2.24, 2.45) is 0 Å². The van der Waals surface area contributed by atoms with Gasteiger partial charge in [0.05, 0.1) is 6.04 Å². The molecule has 0 aromatic heterocycles. The quantitative estimate of drug-likeness (QED) is 0.675. The van der Waals surface area contributed by atoms with E-state index in [4.69, 9.17) is 8.92 Å². The molecule has 0 unspecified atom stereocenters. The second-order valence-corrected chi connectivity index (χ2v) is 7.16. The number of rotatable bonds is 0. The Kier molecular flexibility index (Phi) is 3.31. The van der Waals surface area contributed by atoms with Crippen molar-refractivity contribution in [3.05, 3.63) is 0 Å². The molecule has 1 heterocycles. The Bertz CT molecular complexity index is 439. The minimum atomic E-state index is -3.98. The maximum absolute atomic E-state index is 12.0. The van der Waals surface area contributed by atoms with E-state index in [0.29, 0.717) is 12.8 Å². The van der Waals surface area contributed by atoms with Gasteiger partial charge in [-0.25, -0.2) is 8.98 Å². The molecule has 0 spiro atoms. The van der Waals surface area contributed by atoms with Gasteiger partial charge in [0.25, 0.3) is 0 Å². The average molecular weight is 277 g/mol. The van der Waals surface area contributed by atoms with Crippen molar-refractivity contribution in [3.63, 3.8) is 0 Å². The molecule has 1 aliphatic carbocycles. The van der Waals surface area contributed by atoms with E-state index in [9.17, 15) is 13.2 Å². The van der Waals surface area contributed by atoms with Crippen molar-refractivity contribution in [1.29, 1.82) is 0 Å². The van der Waals surface area contributed by atoms with Crippen molar-refractivity contribution in [3.8, 4) is 0 Å². The number of fused-ring (bicyclic) bond motifs is 1. The lowest BCUT2D eigenvalue weighted by atomic mass is 9.93. The van der Waals surface area contributed by atoms with Crippen LogP contribution >= 0.6 is 0 Å². The molecular weight excluding hydrogens is 258 g/mol. The van der Waals surface area contributed by atoms with Crippen LogP contribution in [0.3, 0.4) is 0 Å². The fourth-order valence-electron chi connectivity index (χ4n) is 2.36. The second-order valence-electron chi connectivity index (χ2n) is 5.72. The topological polar surface area (TPSA) is 72.9 Å². The summed E-state index contributed by atoms with van der Waals surface area (Å²) in [5, 5.41) is 0. The van der Waals surface area contributed by atoms with Crippen LogP contribution in [-0.4, -0.2) is 36.6 Å². The Morgan fingerprint density at radius 2 is 1.89 bits per heavy atom. The Morgan fingerprint density at radius 3 is 2.50 bits per heavy atom. The van der Waals surface area contributed by atoms with E-state index < -0.39 is 34.1 Å². The zero-order valence-corrected chi connectivity index (χ0v) is 11.7. The minimum Gasteiger partial charge on any atom is -0.443 e. The van der Waals surface area contributed by atoms with Crippen molar-refractivity contribution in [2.45, 2.75) is 64.2 Å². The van der Waals surface area contributed by atoms with Crippen molar-refractivity contribution < 1.29 is 22.1 Å². The molecule has 7 heteroatoms. The van der Waals surface area contributed by atoms with E-state index in [1.165, 1.54) is 0 Å². The summed E-state index contributed by atoms with van der Waals surface area (Å²) < 4.78 is 34.6. The van der Waals surface area contributed by atoms with E-state index in [2.05, 4.69) is 0 Å². The van der Waals surface area contributed by atoms with Gasteiger partial charge in [0.15, 0.2) is 0 Å². The number of nitrogens with zero attached hydrogens (tertiary/aromatic N) is 1. The first-order chi connectivity index (χ1) is 8.21. The maximum atomic E-state index is 12.0. The zero-order chi connectivity index (χ0) is 13.6. The Balaban J connectivity index is 2.21. The fraction of sp³-hybridized carbons (Fsp3) is 0.909. The third-order valence-electron chi connectivity index (χ3n) is 3.03. The molecule has 0 aromatic carbocycles. The number of carbonyl (C=O) groups is 1. The molecule has 2 atom stereocenters. The van der Waals surface area contributed by atoms with Gasteiger partial charge in [-0.05, 0) is 33.6 Å². The summed E-state index contributed by atoms with van der Waals surface area (Å²) in [6.07, 6.45) is 1.90. The van der Waals surface area contributed by atoms with Crippen LogP contribution in [0.5, 0.6) is 0 Å². The molecule has 0 N–H and O–H groups in total. The van der Waals surface area contributed by atoms with Gasteiger partial charge in [-0.1, -0.05) is 12.8 Å². The Hall–Kier alpha value is -0.820. The van der Waals surface area contributed by atoms with E-state index in [-0.39, 0.29) is 0 Å². The molecule has 1 aliphatic heterocycles. The van der Waals surface area contributed by atoms with Crippen molar-refractivity contribution >= 4 is 16.4 Å². The molecule has 2 fully saturated rings. The van der Waals surface area contributed by atoms with E-state index in [0.717, 1.165) is 17.1 Å². The fourth-order valence-corrected chi connectivity index (χ4v) is 3.78. The lowest BCUT2D eigenvalue weighted by molar-refractivity contribution is 0.0306. The molecule has 6 nitrogen and oxygen atoms in total. The van der Waals surface area contributed by atoms with Crippen LogP contribution in [0.2, 0.25) is 0 Å². The summed E-state index contributed by atoms with van der Waals surface area (Å²) in [7, 11) is -3.98. The molecule has 0 aromatic rings. The molecular formula is C11H19NO5S. The van der Waals surface area contributed by atoms with Crippen LogP contribution < -0.4 is 0 Å². The average Bonchev–Trinajstić information content (AvgIpc) is 2.44. The van der Waals surface area contributed by atoms with Crippen molar-refractivity contribution in [1.82, 2.24) is 4.31 Å². The lowest BCUT2D eigenvalue weighted by Crippen LogP contribution is -2.45. The van der Waals surface area contributed by atoms with Crippen LogP contribution in [0.1, 0.15) is 46.5 Å². The number of amides is 1. The molecule has 18 heavy (non-hydrogen) atoms. The van der Waals surface area contributed by atoms with Gasteiger partial charge in [-0.15, -0.1) is 0 Å². The summed E-state index contributed by atoms with van der Waals surface area (Å²) in [4.78, 5) is 12.0. The van der Waals surface area contributed by atoms with Gasteiger partial charge in [-0.3, -0.25) is 0 Å². The predicted octanol–water partition coefficient (Wildman–Crippen LogP) is 1.81. The summed E-state index contributed by atoms with van der Waals surface area (Å²) in [6.45, 7) is 5.10. The number of hydrogen-bond acceptors (Lipinski definition) is 5. The first-order valence-electron chi connectivity index (χ1n) is 6.16. The summed E-state index contributed by atoms with van der Waals surface area (Å²) in [5.74, 6) is 0. The van der Waals surface area contributed by atoms with E-state index in [1.54, 1.807) is 20.8 Å². The molecule has 1 amide bonds. The van der Waals surface area contributed by atoms with Crippen LogP contribution in [0.25, 0.3) is 0 Å². The first-order valence-corrected chi connectivity index (χ1v) is 7.53. The van der Waals surface area contributed by atoms with Gasteiger partial charge >= 0.3 is 16.4 Å². The molecule has 0 radical (unpaired) electrons. The monoisotopic (exact) mass is 277 g/mol. The standard InChI is InChI=1S/C11H19NO5S/c1-11(2,3)16-10(13)12-8-6-4-5-7-9(8)17-18(12,14)15/h8-9H,4-7H2,1-3H3/t8-,9-/m0/s1. The number of ether oxygens (including phenoxy) is 1. The lowest BCUT2D eigenvalue weighted by Gasteiger charge is -2.28. The largest absolute Gasteiger partial charge is 0.443 e. The SMILES string of the molecule is CC(C)(C)OC(=O)N1[C@H]2CCCC[C@@H]2OS1(=O)=O. The number of hydrogen-bond donors (Lipinski definition) is 0. The summed E-state index contributed by atoms with van der Waals surface area (Å²) >= 11 is 0. The van der Waals surface area contributed by atoms with Crippen LogP contribution in [-0.2, 0) is 19.2 Å². The van der Waals surface area contributed by atoms with E-state index in [1.807, 2.05) is 0 Å². The second kappa shape index (κ2) is 4.38. The highest BCUT2D eigenvalue weighted by atomic mass is 32.2. The minimum absolute atomic E-state index is 0.404. The summed E-state index contributed by atoms with van der Waals surface area (Å²) in [5.41, 5.74) is -0.723. The highest BCUT2D eigenvalue weighted by Gasteiger charge is 2.51. The highest BCUT2D eigenvalue weighted by Crippen LogP contribution is 2.36. The van der Waals surface area contributed by atoms with Crippen LogP contribution in [0, 0.1) is 0 Å². The molecule has 1 saturated carbocycles. The smallest absolute Gasteiger partial charge is 0.426 e. The Morgan fingerprint density at radius 1 is 1.28 bits per heavy atom. The molecule has 2 rings (SSSR count). The molecule has 104 valence electrons. The highest BCUT2D eigenvalue weighted by molar-refractivity contribution is 7.85. The van der Waals surface area contributed by atoms with Gasteiger partial charge in [0, 0.05) is 0 Å².